The van der Waals surface area contributed by atoms with E-state index in [-0.39, 0.29) is 5.17 Å². The molecule has 0 aliphatic carbocycles. The van der Waals surface area contributed by atoms with Gasteiger partial charge in [0.1, 0.15) is 11.5 Å². The molecule has 1 N–H and O–H groups in total. The van der Waals surface area contributed by atoms with Crippen LogP contribution in [0.1, 0.15) is 0 Å². The third-order valence-electron chi connectivity index (χ3n) is 0.590. The lowest BCUT2D eigenvalue weighted by molar-refractivity contribution is 1.52. The molecule has 54 valence electrons. The summed E-state index contributed by atoms with van der Waals surface area (Å²) in [5.41, 5.74) is 0. The minimum absolute atomic E-state index is 0.260. The summed E-state index contributed by atoms with van der Waals surface area (Å²) in [5.74, 6) is 0. The van der Waals surface area contributed by atoms with Crippen LogP contribution in [-0.2, 0) is 0 Å². The predicted molar refractivity (Wildman–Crippen MR) is 49.3 cm³/mol. The molecule has 0 atom stereocenters. The Morgan fingerprint density at radius 3 is 2.60 bits per heavy atom. The maximum Gasteiger partial charge on any atom is 0.130 e. The van der Waals surface area contributed by atoms with Crippen LogP contribution in [0.25, 0.3) is 0 Å². The number of halogens is 2. The normalized spacial score (nSPS) is 12.0. The lowest BCUT2D eigenvalue weighted by Gasteiger charge is -1.82. The maximum absolute atomic E-state index is 6.55. The summed E-state index contributed by atoms with van der Waals surface area (Å²) in [6.45, 7) is 3.55. The van der Waals surface area contributed by atoms with Gasteiger partial charge in [-0.1, -0.05) is 34.1 Å². The van der Waals surface area contributed by atoms with E-state index in [9.17, 15) is 0 Å². The molecule has 0 aromatic carbocycles. The lowest BCUT2D eigenvalue weighted by Crippen LogP contribution is -1.78. The zero-order valence-corrected chi connectivity index (χ0v) is 7.48. The second-order valence-corrected chi connectivity index (χ2v) is 2.77. The van der Waals surface area contributed by atoms with Gasteiger partial charge in [-0.05, 0) is 12.2 Å². The van der Waals surface area contributed by atoms with Gasteiger partial charge in [-0.25, -0.2) is 4.99 Å². The van der Waals surface area contributed by atoms with Gasteiger partial charge in [0.25, 0.3) is 0 Å². The quantitative estimate of drug-likeness (QED) is 0.432. The molecular weight excluding hydrogens is 215 g/mol. The molecule has 0 aromatic heterocycles. The Balaban J connectivity index is 4.01. The fourth-order valence-corrected chi connectivity index (χ4v) is 0.508. The molecule has 0 rings (SSSR count). The Morgan fingerprint density at radius 1 is 1.60 bits per heavy atom. The molecule has 0 saturated carbocycles. The van der Waals surface area contributed by atoms with Crippen molar-refractivity contribution in [3.8, 4) is 0 Å². The first-order valence-corrected chi connectivity index (χ1v) is 3.58. The van der Waals surface area contributed by atoms with Gasteiger partial charge in [0.15, 0.2) is 0 Å². The van der Waals surface area contributed by atoms with Crippen molar-refractivity contribution in [2.24, 2.45) is 4.99 Å². The van der Waals surface area contributed by atoms with Crippen molar-refractivity contribution in [1.29, 1.82) is 5.41 Å². The van der Waals surface area contributed by atoms with Gasteiger partial charge in [0, 0.05) is 4.48 Å². The Kier molecular flexibility index (Phi) is 5.16. The smallest absolute Gasteiger partial charge is 0.130 e. The van der Waals surface area contributed by atoms with Gasteiger partial charge in [-0.2, -0.15) is 0 Å². The predicted octanol–water partition coefficient (Wildman–Crippen LogP) is 2.70. The van der Waals surface area contributed by atoms with Crippen LogP contribution >= 0.6 is 27.5 Å². The number of nitrogens with one attached hydrogen (secondary N) is 1. The van der Waals surface area contributed by atoms with Crippen molar-refractivity contribution in [2.75, 3.05) is 0 Å². The molecule has 0 aromatic rings. The first kappa shape index (κ1) is 9.59. The van der Waals surface area contributed by atoms with Gasteiger partial charge in [-0.3, -0.25) is 5.41 Å². The Bertz CT molecular complexity index is 196. The molecule has 0 bridgehead atoms. The molecule has 0 heterocycles. The van der Waals surface area contributed by atoms with Crippen molar-refractivity contribution in [2.45, 2.75) is 0 Å². The molecule has 10 heavy (non-hydrogen) atoms. The van der Waals surface area contributed by atoms with E-state index in [1.54, 1.807) is 12.2 Å². The minimum Gasteiger partial charge on any atom is -0.289 e. The zero-order valence-electron chi connectivity index (χ0n) is 5.14. The van der Waals surface area contributed by atoms with Gasteiger partial charge in [-0.15, -0.1) is 0 Å². The van der Waals surface area contributed by atoms with Gasteiger partial charge < -0.3 is 0 Å². The Labute approximate surface area is 72.9 Å². The van der Waals surface area contributed by atoms with Crippen LogP contribution in [-0.4, -0.2) is 11.5 Å². The largest absolute Gasteiger partial charge is 0.289 e. The van der Waals surface area contributed by atoms with Crippen LogP contribution in [0, 0.1) is 5.41 Å². The molecule has 0 radical (unpaired) electrons. The topological polar surface area (TPSA) is 36.2 Å². The van der Waals surface area contributed by atoms with Crippen molar-refractivity contribution < 1.29 is 0 Å². The highest BCUT2D eigenvalue weighted by atomic mass is 79.9. The molecule has 0 unspecified atom stereocenters. The molecule has 2 nitrogen and oxygen atoms in total. The first-order chi connectivity index (χ1) is 4.66. The van der Waals surface area contributed by atoms with Crippen molar-refractivity contribution >= 4 is 39.0 Å². The van der Waals surface area contributed by atoms with Gasteiger partial charge in [0.2, 0.25) is 0 Å². The monoisotopic (exact) mass is 220 g/mol. The van der Waals surface area contributed by atoms with E-state index >= 15 is 0 Å². The Hall–Kier alpha value is -0.410. The Morgan fingerprint density at radius 2 is 2.20 bits per heavy atom. The number of aliphatic imine (C=N–C) groups is 1. The lowest BCUT2D eigenvalue weighted by atomic mass is 10.5. The summed E-state index contributed by atoms with van der Waals surface area (Å²) in [6, 6.07) is 0. The molecule has 0 saturated heterocycles. The SMILES string of the molecule is C=C(Br)/C=C/C(Cl)=N\C=N. The summed E-state index contributed by atoms with van der Waals surface area (Å²) in [5, 5.41) is 6.81. The van der Waals surface area contributed by atoms with Gasteiger partial charge >= 0.3 is 0 Å². The van der Waals surface area contributed by atoms with Crippen molar-refractivity contribution in [3.63, 3.8) is 0 Å². The summed E-state index contributed by atoms with van der Waals surface area (Å²) in [7, 11) is 0. The van der Waals surface area contributed by atoms with Crippen LogP contribution in [0.5, 0.6) is 0 Å². The van der Waals surface area contributed by atoms with E-state index in [1.807, 2.05) is 0 Å². The van der Waals surface area contributed by atoms with Crippen LogP contribution < -0.4 is 0 Å². The van der Waals surface area contributed by atoms with Crippen LogP contribution in [0.4, 0.5) is 0 Å². The second-order valence-electron chi connectivity index (χ2n) is 1.36. The number of allylic oxidation sites excluding steroid dienone is 3. The summed E-state index contributed by atoms with van der Waals surface area (Å²) in [4.78, 5) is 3.47. The molecule has 0 spiro atoms. The second kappa shape index (κ2) is 5.38. The summed E-state index contributed by atoms with van der Waals surface area (Å²) < 4.78 is 0.714. The van der Waals surface area contributed by atoms with E-state index in [0.717, 1.165) is 6.34 Å². The van der Waals surface area contributed by atoms with E-state index in [4.69, 9.17) is 17.0 Å². The van der Waals surface area contributed by atoms with E-state index < -0.39 is 0 Å². The van der Waals surface area contributed by atoms with Crippen molar-refractivity contribution in [3.05, 3.63) is 23.2 Å². The van der Waals surface area contributed by atoms with Gasteiger partial charge in [0.05, 0.1) is 0 Å². The third-order valence-corrected chi connectivity index (χ3v) is 1.08. The number of rotatable bonds is 3. The maximum atomic E-state index is 6.55. The molecular formula is C6H6BrClN2. The molecule has 4 heteroatoms. The number of hydrogen-bond donors (Lipinski definition) is 1. The highest BCUT2D eigenvalue weighted by molar-refractivity contribution is 9.11. The average molecular weight is 221 g/mol. The van der Waals surface area contributed by atoms with E-state index in [0.29, 0.717) is 4.48 Å². The van der Waals surface area contributed by atoms with E-state index in [2.05, 4.69) is 27.5 Å². The van der Waals surface area contributed by atoms with E-state index in [1.165, 1.54) is 0 Å². The fraction of sp³-hybridized carbons (Fsp3) is 0. The highest BCUT2D eigenvalue weighted by Crippen LogP contribution is 2.02. The van der Waals surface area contributed by atoms with Crippen LogP contribution in [0.3, 0.4) is 0 Å². The average Bonchev–Trinajstić information content (AvgIpc) is 1.85. The number of nitrogens with zero attached hydrogens (tertiary/aromatic N) is 1. The molecule has 0 aliphatic rings. The van der Waals surface area contributed by atoms with Crippen LogP contribution in [0.2, 0.25) is 0 Å². The fourth-order valence-electron chi connectivity index (χ4n) is 0.264. The summed E-state index contributed by atoms with van der Waals surface area (Å²) in [6.07, 6.45) is 4.07. The third kappa shape index (κ3) is 5.72. The van der Waals surface area contributed by atoms with Crippen molar-refractivity contribution in [1.82, 2.24) is 0 Å². The standard InChI is InChI=1S/C6H6BrClN2/c1-5(7)2-3-6(8)10-4-9/h2-4,9H,1H2/b3-2+,9-4?,10-6+. The van der Waals surface area contributed by atoms with Crippen LogP contribution in [0.15, 0.2) is 28.2 Å². The molecule has 0 aliphatic heterocycles. The molecule has 0 fully saturated rings. The first-order valence-electron chi connectivity index (χ1n) is 2.41. The highest BCUT2D eigenvalue weighted by Gasteiger charge is 1.82. The number of hydrogen-bond acceptors (Lipinski definition) is 1. The minimum atomic E-state index is 0.260. The zero-order chi connectivity index (χ0) is 7.98. The summed E-state index contributed by atoms with van der Waals surface area (Å²) >= 11 is 8.58. The molecule has 0 amide bonds.